The van der Waals surface area contributed by atoms with E-state index in [1.165, 1.54) is 51.3 Å². The Hall–Kier alpha value is -7.83. The molecule has 0 aliphatic heterocycles. The molecule has 8 rings (SSSR count). The first-order valence-corrected chi connectivity index (χ1v) is 34.6. The van der Waals surface area contributed by atoms with Crippen molar-refractivity contribution in [3.63, 3.8) is 0 Å². The minimum absolute atomic E-state index is 0.00452. The molecule has 8 N–H and O–H groups in total. The van der Waals surface area contributed by atoms with E-state index in [0.717, 1.165) is 35.2 Å². The molecule has 0 radical (unpaired) electrons. The number of benzene rings is 5. The van der Waals surface area contributed by atoms with E-state index in [0.29, 0.717) is 29.0 Å². The molecule has 8 aromatic rings. The number of nitrogens with zero attached hydrogens (tertiary/aromatic N) is 10. The topological polar surface area (TPSA) is 522 Å². The number of amides is 1. The van der Waals surface area contributed by atoms with Crippen LogP contribution >= 0.6 is 23.1 Å². The number of imidazole rings is 1. The van der Waals surface area contributed by atoms with Crippen LogP contribution in [0.5, 0.6) is 17.4 Å². The van der Waals surface area contributed by atoms with Gasteiger partial charge >= 0.3 is 0 Å². The summed E-state index contributed by atoms with van der Waals surface area (Å²) in [5, 5.41) is 48.6. The monoisotopic (exact) mass is 1360 g/mol. The van der Waals surface area contributed by atoms with Gasteiger partial charge in [0, 0.05) is 46.0 Å². The van der Waals surface area contributed by atoms with Crippen LogP contribution in [0.2, 0.25) is 0 Å². The summed E-state index contributed by atoms with van der Waals surface area (Å²) in [5.74, 6) is -3.01. The molecule has 0 bridgehead atoms. The number of fused-ring (bicyclic) bond motifs is 6. The number of aromatic hydroxyl groups is 1. The second kappa shape index (κ2) is 24.4. The first-order chi connectivity index (χ1) is 40.4. The molecule has 41 heteroatoms. The van der Waals surface area contributed by atoms with Crippen molar-refractivity contribution in [1.29, 1.82) is 5.26 Å². The maximum atomic E-state index is 12.6. The first-order valence-electron chi connectivity index (χ1n) is 23.8. The summed E-state index contributed by atoms with van der Waals surface area (Å²) < 4.78 is 217. The van der Waals surface area contributed by atoms with Gasteiger partial charge in [-0.15, -0.1) is 37.3 Å². The fraction of sp³-hybridized carbons (Fsp3) is 0.217. The van der Waals surface area contributed by atoms with E-state index in [1.807, 2.05) is 6.07 Å². The van der Waals surface area contributed by atoms with Crippen LogP contribution in [0.15, 0.2) is 110 Å². The van der Waals surface area contributed by atoms with Crippen molar-refractivity contribution in [2.75, 3.05) is 36.3 Å². The third-order valence-corrected chi connectivity index (χ3v) is 19.2. The largest absolute Gasteiger partial charge is 0.494 e. The maximum absolute atomic E-state index is 12.6. The number of aromatic nitrogens is 3. The lowest BCUT2D eigenvalue weighted by Gasteiger charge is -2.12. The van der Waals surface area contributed by atoms with E-state index in [4.69, 9.17) is 9.47 Å². The summed E-state index contributed by atoms with van der Waals surface area (Å²) >= 11 is 1.48. The Kier molecular flexibility index (Phi) is 18.3. The lowest BCUT2D eigenvalue weighted by molar-refractivity contribution is -0.114. The highest BCUT2D eigenvalue weighted by atomic mass is 32.2. The zero-order valence-electron chi connectivity index (χ0n) is 44.4. The Labute approximate surface area is 500 Å². The summed E-state index contributed by atoms with van der Waals surface area (Å²) in [5.41, 5.74) is -2.10. The highest BCUT2D eigenvalue weighted by Gasteiger charge is 2.29. The number of hydrogen-bond acceptors (Lipinski definition) is 27. The standard InChI is InChI=1S/C46H41N11O22S8/c1-21-11-30(52-55-40-22(2)28(20-47)44-49-41-33(57(44)45(40)59)12-24(48-23(3)58)13-38(41)86(72,73)74)35(79-7-5-9-82(60,61)62)17-29(21)51-54-32-18-34(78-4)31(19-36(32)80-8-6-10-83(63,64)65)53-56-46-50-42-39(87(75,76)77)16-26-27(43(42)81-46)14-25(84(66,67)68)15-37(26)85(69,70)71/h11-19,59H,5-10H2,1-4H3,(H,48,58)(H,60,61,62)(H,63,64,65)(H,66,67,68)(H,69,70,71)(H,72,73,74)(H,75,76,77). The zero-order valence-corrected chi connectivity index (χ0v) is 51.0. The van der Waals surface area contributed by atoms with Gasteiger partial charge in [-0.1, -0.05) is 11.3 Å². The Balaban J connectivity index is 1.23. The number of nitriles is 1. The number of thioether (sulfide) groups is 1. The third kappa shape index (κ3) is 14.8. The average Bonchev–Trinajstić information content (AvgIpc) is 1.68. The van der Waals surface area contributed by atoms with Crippen LogP contribution in [0, 0.1) is 25.2 Å². The van der Waals surface area contributed by atoms with Crippen LogP contribution in [0.1, 0.15) is 36.5 Å². The van der Waals surface area contributed by atoms with Gasteiger partial charge < -0.3 is 19.9 Å². The van der Waals surface area contributed by atoms with Crippen LogP contribution in [0.4, 0.5) is 39.3 Å². The second-order valence-corrected chi connectivity index (χ2v) is 29.1. The molecule has 33 nitrogen and oxygen atoms in total. The van der Waals surface area contributed by atoms with E-state index in [1.54, 1.807) is 0 Å². The number of carbonyl (C=O) groups excluding carboxylic acids is 1. The molecule has 5 aromatic carbocycles. The summed E-state index contributed by atoms with van der Waals surface area (Å²) in [6.45, 7) is 3.65. The first kappa shape index (κ1) is 65.2. The number of pyridine rings is 1. The molecule has 0 spiro atoms. The van der Waals surface area contributed by atoms with Crippen molar-refractivity contribution < 1.29 is 97.2 Å². The molecule has 0 aliphatic carbocycles. The summed E-state index contributed by atoms with van der Waals surface area (Å²) in [7, 11) is -28.5. The Morgan fingerprint density at radius 1 is 0.678 bits per heavy atom. The molecular formula is C46H41N11O22S8. The number of ether oxygens (including phenoxy) is 2. The molecule has 0 aliphatic rings. The Morgan fingerprint density at radius 3 is 1.89 bits per heavy atom. The number of nitrogens with one attached hydrogen (secondary N) is 1. The van der Waals surface area contributed by atoms with Crippen LogP contribution in [0.3, 0.4) is 0 Å². The number of carbonyl (C=O) groups is 1. The van der Waals surface area contributed by atoms with E-state index >= 15 is 0 Å². The Bertz CT molecular complexity index is 5110. The molecule has 0 atom stereocenters. The number of aryl methyl sites for hydroxylation is 1. The van der Waals surface area contributed by atoms with E-state index in [2.05, 4.69) is 46.0 Å². The highest BCUT2D eigenvalue weighted by Crippen LogP contribution is 2.46. The zero-order chi connectivity index (χ0) is 64.1. The molecule has 3 heterocycles. The molecule has 3 aromatic heterocycles. The minimum Gasteiger partial charge on any atom is -0.494 e. The highest BCUT2D eigenvalue weighted by molar-refractivity contribution is 7.99. The quantitative estimate of drug-likeness (QED) is 0.0136. The lowest BCUT2D eigenvalue weighted by Crippen LogP contribution is -2.08. The van der Waals surface area contributed by atoms with Gasteiger partial charge in [0.1, 0.15) is 65.9 Å². The average molecular weight is 1360 g/mol. The van der Waals surface area contributed by atoms with Crippen LogP contribution < -0.4 is 14.8 Å². The van der Waals surface area contributed by atoms with Crippen LogP contribution in [0.25, 0.3) is 37.7 Å². The molecule has 0 saturated heterocycles. The number of methoxy groups -OCH3 is 1. The van der Waals surface area contributed by atoms with Crippen molar-refractivity contribution in [3.05, 3.63) is 71.3 Å². The van der Waals surface area contributed by atoms with Crippen LogP contribution in [-0.2, 0) is 65.5 Å². The van der Waals surface area contributed by atoms with Gasteiger partial charge in [0.2, 0.25) is 16.9 Å². The normalized spacial score (nSPS) is 13.1. The predicted molar refractivity (Wildman–Crippen MR) is 309 cm³/mol. The predicted octanol–water partition coefficient (Wildman–Crippen LogP) is 8.67. The fourth-order valence-electron chi connectivity index (χ4n) is 8.30. The fourth-order valence-corrected chi connectivity index (χ4v) is 14.1. The summed E-state index contributed by atoms with van der Waals surface area (Å²) in [6.07, 6.45) is -0.373. The molecule has 460 valence electrons. The van der Waals surface area contributed by atoms with Crippen molar-refractivity contribution in [3.8, 4) is 23.4 Å². The molecular weight excluding hydrogens is 1320 g/mol. The number of azo groups is 3. The smallest absolute Gasteiger partial charge is 0.296 e. The van der Waals surface area contributed by atoms with Gasteiger partial charge in [0.25, 0.3) is 60.7 Å². The van der Waals surface area contributed by atoms with Crippen molar-refractivity contribution >= 4 is 167 Å². The number of thiazole rings is 1. The molecule has 87 heavy (non-hydrogen) atoms. The van der Waals surface area contributed by atoms with E-state index < -0.39 is 125 Å². The third-order valence-electron chi connectivity index (χ3n) is 12.1. The molecule has 0 unspecified atom stereocenters. The lowest BCUT2D eigenvalue weighted by atomic mass is 10.1. The van der Waals surface area contributed by atoms with Gasteiger partial charge in [-0.3, -0.25) is 36.5 Å². The van der Waals surface area contributed by atoms with E-state index in [-0.39, 0.29) is 108 Å². The molecule has 0 saturated carbocycles. The van der Waals surface area contributed by atoms with Gasteiger partial charge in [-0.25, -0.2) is 9.97 Å². The van der Waals surface area contributed by atoms with Gasteiger partial charge in [0.15, 0.2) is 11.3 Å². The van der Waals surface area contributed by atoms with Gasteiger partial charge in [0.05, 0.1) is 46.0 Å². The van der Waals surface area contributed by atoms with Crippen molar-refractivity contribution in [2.24, 2.45) is 30.7 Å². The van der Waals surface area contributed by atoms with Crippen molar-refractivity contribution in [2.45, 2.75) is 58.1 Å². The summed E-state index contributed by atoms with van der Waals surface area (Å²) in [6, 6.07) is 11.1. The second-order valence-electron chi connectivity index (χ2n) is 18.2. The van der Waals surface area contributed by atoms with Crippen LogP contribution in [-0.4, -0.2) is 134 Å². The minimum atomic E-state index is -5.34. The van der Waals surface area contributed by atoms with Gasteiger partial charge in [-0.05, 0) is 80.5 Å². The van der Waals surface area contributed by atoms with Gasteiger partial charge in [-0.2, -0.15) is 60.9 Å². The summed E-state index contributed by atoms with van der Waals surface area (Å²) in [4.78, 5) is 16.6. The van der Waals surface area contributed by atoms with E-state index in [9.17, 15) is 93.0 Å². The number of hydrogen-bond donors (Lipinski definition) is 8. The Morgan fingerprint density at radius 2 is 1.28 bits per heavy atom. The number of anilines is 1. The molecule has 0 fully saturated rings. The maximum Gasteiger partial charge on any atom is 0.296 e. The SMILES string of the molecule is COc1cc(N=Nc2cc(OCCCS(=O)(=O)O)c(N=Nc3c(C)c(C#N)c4nc5c(S(=O)(=O)O)cc(NC(C)=O)cc5n4c3O)cc2C)c(SCCCS(=O)(=O)O)cc1N=Nc1nc2c(S(=O)(=O)O)cc3c(S(=O)(=O)O)cc(S(=O)(=O)O)cc3c2s1. The van der Waals surface area contributed by atoms with Crippen molar-refractivity contribution in [1.82, 2.24) is 14.4 Å². The number of rotatable bonds is 22. The molecule has 1 amide bonds.